The quantitative estimate of drug-likeness (QED) is 0.744. The summed E-state index contributed by atoms with van der Waals surface area (Å²) in [7, 11) is 0. The molecule has 3 amide bonds. The first-order valence-electron chi connectivity index (χ1n) is 9.63. The summed E-state index contributed by atoms with van der Waals surface area (Å²) < 4.78 is 5.37. The van der Waals surface area contributed by atoms with Gasteiger partial charge in [0.05, 0.1) is 18.1 Å². The summed E-state index contributed by atoms with van der Waals surface area (Å²) in [6.07, 6.45) is 1.68. The Kier molecular flexibility index (Phi) is 6.15. The maximum absolute atomic E-state index is 12.6. The molecule has 2 aromatic rings. The second kappa shape index (κ2) is 9.15. The van der Waals surface area contributed by atoms with E-state index in [1.807, 2.05) is 30.3 Å². The second-order valence-corrected chi connectivity index (χ2v) is 7.87. The molecule has 2 aliphatic rings. The highest BCUT2D eigenvalue weighted by atomic mass is 32.2. The van der Waals surface area contributed by atoms with E-state index in [2.05, 4.69) is 10.2 Å². The number of anilines is 2. The minimum absolute atomic E-state index is 0.312. The Morgan fingerprint density at radius 1 is 1.03 bits per heavy atom. The summed E-state index contributed by atoms with van der Waals surface area (Å²) in [5.74, 6) is -0.870. The molecular weight excluding hydrogens is 402 g/mol. The van der Waals surface area contributed by atoms with Gasteiger partial charge in [0.25, 0.3) is 11.1 Å². The summed E-state index contributed by atoms with van der Waals surface area (Å²) in [6.45, 7) is 2.82. The van der Waals surface area contributed by atoms with Crippen molar-refractivity contribution in [2.75, 3.05) is 43.1 Å². The van der Waals surface area contributed by atoms with Crippen molar-refractivity contribution in [3.63, 3.8) is 0 Å². The molecule has 30 heavy (non-hydrogen) atoms. The third-order valence-corrected chi connectivity index (χ3v) is 5.71. The molecule has 0 aliphatic carbocycles. The Morgan fingerprint density at radius 2 is 1.73 bits per heavy atom. The van der Waals surface area contributed by atoms with E-state index in [0.29, 0.717) is 23.8 Å². The molecule has 4 rings (SSSR count). The van der Waals surface area contributed by atoms with Gasteiger partial charge in [-0.15, -0.1) is 0 Å². The predicted molar refractivity (Wildman–Crippen MR) is 117 cm³/mol. The van der Waals surface area contributed by atoms with E-state index in [9.17, 15) is 14.4 Å². The van der Waals surface area contributed by atoms with Crippen molar-refractivity contribution in [2.24, 2.45) is 0 Å². The Labute approximate surface area is 178 Å². The van der Waals surface area contributed by atoms with Gasteiger partial charge in [0.2, 0.25) is 5.91 Å². The van der Waals surface area contributed by atoms with Gasteiger partial charge in [-0.25, -0.2) is 0 Å². The number of benzene rings is 2. The standard InChI is InChI=1S/C22H21N3O4S/c26-20(23-17-4-2-1-3-5-17)15-25-21(27)19(30-22(25)28)14-16-6-8-18(9-7-16)24-10-12-29-13-11-24/h1-9,14H,10-13,15H2,(H,23,26). The molecule has 0 saturated carbocycles. The van der Waals surface area contributed by atoms with Gasteiger partial charge in [0.1, 0.15) is 6.54 Å². The van der Waals surface area contributed by atoms with Crippen LogP contribution in [0.5, 0.6) is 0 Å². The van der Waals surface area contributed by atoms with Crippen LogP contribution in [0.3, 0.4) is 0 Å². The van der Waals surface area contributed by atoms with E-state index in [-0.39, 0.29) is 6.54 Å². The molecule has 7 nitrogen and oxygen atoms in total. The van der Waals surface area contributed by atoms with Gasteiger partial charge in [0, 0.05) is 24.5 Å². The topological polar surface area (TPSA) is 79.0 Å². The fourth-order valence-corrected chi connectivity index (χ4v) is 4.09. The number of morpholine rings is 1. The molecule has 0 bridgehead atoms. The van der Waals surface area contributed by atoms with Crippen molar-refractivity contribution in [2.45, 2.75) is 0 Å². The first kappa shape index (κ1) is 20.2. The number of rotatable bonds is 5. The van der Waals surface area contributed by atoms with Crippen LogP contribution in [0.2, 0.25) is 0 Å². The average Bonchev–Trinajstić information content (AvgIpc) is 3.03. The summed E-state index contributed by atoms with van der Waals surface area (Å²) >= 11 is 0.849. The number of nitrogens with one attached hydrogen (secondary N) is 1. The number of hydrogen-bond donors (Lipinski definition) is 1. The molecule has 0 unspecified atom stereocenters. The fourth-order valence-electron chi connectivity index (χ4n) is 3.26. The van der Waals surface area contributed by atoms with Crippen LogP contribution in [0.15, 0.2) is 59.5 Å². The number of carbonyl (C=O) groups is 3. The molecule has 0 atom stereocenters. The van der Waals surface area contributed by atoms with Gasteiger partial charge in [0.15, 0.2) is 0 Å². The summed E-state index contributed by atoms with van der Waals surface area (Å²) in [5.41, 5.74) is 2.54. The molecule has 8 heteroatoms. The average molecular weight is 423 g/mol. The lowest BCUT2D eigenvalue weighted by Crippen LogP contribution is -2.36. The Morgan fingerprint density at radius 3 is 2.43 bits per heavy atom. The van der Waals surface area contributed by atoms with Crippen molar-refractivity contribution in [3.8, 4) is 0 Å². The zero-order valence-corrected chi connectivity index (χ0v) is 17.1. The normalized spacial score (nSPS) is 18.2. The van der Waals surface area contributed by atoms with E-state index in [4.69, 9.17) is 4.74 Å². The zero-order valence-electron chi connectivity index (χ0n) is 16.2. The van der Waals surface area contributed by atoms with E-state index in [1.165, 1.54) is 0 Å². The Balaban J connectivity index is 1.40. The molecule has 2 aromatic carbocycles. The van der Waals surface area contributed by atoms with Gasteiger partial charge in [-0.05, 0) is 47.7 Å². The first-order chi connectivity index (χ1) is 14.6. The van der Waals surface area contributed by atoms with Gasteiger partial charge in [-0.3, -0.25) is 19.3 Å². The van der Waals surface area contributed by atoms with Crippen LogP contribution in [0, 0.1) is 0 Å². The lowest BCUT2D eigenvalue weighted by Gasteiger charge is -2.28. The maximum atomic E-state index is 12.6. The lowest BCUT2D eigenvalue weighted by atomic mass is 10.1. The van der Waals surface area contributed by atoms with Crippen molar-refractivity contribution >= 4 is 46.3 Å². The molecule has 154 valence electrons. The van der Waals surface area contributed by atoms with Gasteiger partial charge in [-0.2, -0.15) is 0 Å². The van der Waals surface area contributed by atoms with Crippen LogP contribution < -0.4 is 10.2 Å². The van der Waals surface area contributed by atoms with Crippen LogP contribution in [-0.2, 0) is 14.3 Å². The Bertz CT molecular complexity index is 970. The van der Waals surface area contributed by atoms with Crippen LogP contribution in [0.25, 0.3) is 6.08 Å². The number of ether oxygens (including phenoxy) is 1. The number of hydrogen-bond acceptors (Lipinski definition) is 6. The number of imide groups is 1. The molecule has 2 heterocycles. The molecule has 0 spiro atoms. The van der Waals surface area contributed by atoms with Crippen LogP contribution in [0.1, 0.15) is 5.56 Å². The van der Waals surface area contributed by atoms with Crippen LogP contribution >= 0.6 is 11.8 Å². The van der Waals surface area contributed by atoms with Crippen molar-refractivity contribution < 1.29 is 19.1 Å². The van der Waals surface area contributed by atoms with Crippen molar-refractivity contribution in [1.29, 1.82) is 0 Å². The number of para-hydroxylation sites is 1. The summed E-state index contributed by atoms with van der Waals surface area (Å²) in [5, 5.41) is 2.24. The third kappa shape index (κ3) is 4.72. The second-order valence-electron chi connectivity index (χ2n) is 6.87. The molecule has 2 saturated heterocycles. The van der Waals surface area contributed by atoms with Crippen molar-refractivity contribution in [3.05, 3.63) is 65.1 Å². The largest absolute Gasteiger partial charge is 0.378 e. The molecule has 2 fully saturated rings. The third-order valence-electron chi connectivity index (χ3n) is 4.80. The first-order valence-corrected chi connectivity index (χ1v) is 10.4. The highest BCUT2D eigenvalue weighted by Gasteiger charge is 2.36. The molecule has 1 N–H and O–H groups in total. The minimum Gasteiger partial charge on any atom is -0.378 e. The molecule has 2 aliphatic heterocycles. The highest BCUT2D eigenvalue weighted by Crippen LogP contribution is 2.32. The number of amides is 3. The van der Waals surface area contributed by atoms with Gasteiger partial charge >= 0.3 is 0 Å². The van der Waals surface area contributed by atoms with E-state index >= 15 is 0 Å². The highest BCUT2D eigenvalue weighted by molar-refractivity contribution is 8.18. The smallest absolute Gasteiger partial charge is 0.294 e. The van der Waals surface area contributed by atoms with E-state index in [0.717, 1.165) is 41.0 Å². The fraction of sp³-hybridized carbons (Fsp3) is 0.227. The van der Waals surface area contributed by atoms with Gasteiger partial charge in [-0.1, -0.05) is 30.3 Å². The zero-order chi connectivity index (χ0) is 20.9. The molecular formula is C22H21N3O4S. The number of nitrogens with zero attached hydrogens (tertiary/aromatic N) is 2. The molecule has 0 radical (unpaired) electrons. The van der Waals surface area contributed by atoms with Crippen molar-refractivity contribution in [1.82, 2.24) is 4.90 Å². The van der Waals surface area contributed by atoms with E-state index < -0.39 is 17.1 Å². The maximum Gasteiger partial charge on any atom is 0.294 e. The summed E-state index contributed by atoms with van der Waals surface area (Å²) in [4.78, 5) is 40.6. The number of carbonyl (C=O) groups excluding carboxylic acids is 3. The van der Waals surface area contributed by atoms with Crippen LogP contribution in [0.4, 0.5) is 16.2 Å². The summed E-state index contributed by atoms with van der Waals surface area (Å²) in [6, 6.07) is 16.7. The predicted octanol–water partition coefficient (Wildman–Crippen LogP) is 3.20. The lowest BCUT2D eigenvalue weighted by molar-refractivity contribution is -0.127. The van der Waals surface area contributed by atoms with Crippen LogP contribution in [-0.4, -0.2) is 54.8 Å². The monoisotopic (exact) mass is 423 g/mol. The number of thioether (sulfide) groups is 1. The SMILES string of the molecule is O=C(CN1C(=O)SC(=Cc2ccc(N3CCOCC3)cc2)C1=O)Nc1ccccc1. The minimum atomic E-state index is -0.453. The molecule has 0 aromatic heterocycles. The Hall–Kier alpha value is -3.10. The van der Waals surface area contributed by atoms with E-state index in [1.54, 1.807) is 30.3 Å². The van der Waals surface area contributed by atoms with Gasteiger partial charge < -0.3 is 15.0 Å².